The maximum atomic E-state index is 13.3. The first-order valence-corrected chi connectivity index (χ1v) is 12.8. The molecule has 2 aliphatic heterocycles. The van der Waals surface area contributed by atoms with Gasteiger partial charge in [0.15, 0.2) is 0 Å². The molecule has 0 unspecified atom stereocenters. The number of rotatable bonds is 4. The van der Waals surface area contributed by atoms with E-state index in [1.807, 2.05) is 20.8 Å². The van der Waals surface area contributed by atoms with Crippen molar-refractivity contribution in [3.8, 4) is 0 Å². The Bertz CT molecular complexity index is 1160. The van der Waals surface area contributed by atoms with Crippen LogP contribution in [-0.2, 0) is 14.8 Å². The number of likely N-dealkylation sites (tertiary alicyclic amines) is 2. The number of benzene rings is 1. The van der Waals surface area contributed by atoms with Crippen LogP contribution in [0, 0.1) is 5.41 Å². The molecule has 2 aliphatic rings. The summed E-state index contributed by atoms with van der Waals surface area (Å²) in [5.41, 5.74) is -0.0841. The van der Waals surface area contributed by atoms with Gasteiger partial charge in [-0.05, 0) is 57.9 Å². The Balaban J connectivity index is 1.41. The minimum Gasteiger partial charge on any atom is -0.444 e. The zero-order valence-electron chi connectivity index (χ0n) is 19.7. The van der Waals surface area contributed by atoms with Gasteiger partial charge in [-0.25, -0.2) is 13.2 Å². The molecule has 3 heterocycles. The summed E-state index contributed by atoms with van der Waals surface area (Å²) in [6.45, 7) is 7.77. The van der Waals surface area contributed by atoms with Crippen molar-refractivity contribution in [1.29, 1.82) is 0 Å². The van der Waals surface area contributed by atoms with Crippen molar-refractivity contribution in [2.75, 3.05) is 30.9 Å². The van der Waals surface area contributed by atoms with Crippen LogP contribution in [0.5, 0.6) is 0 Å². The van der Waals surface area contributed by atoms with E-state index in [1.54, 1.807) is 40.3 Å². The maximum Gasteiger partial charge on any atom is 0.410 e. The average Bonchev–Trinajstić information content (AvgIpc) is 2.76. The number of piperidine rings is 1. The number of ether oxygens (including phenoxy) is 1. The van der Waals surface area contributed by atoms with E-state index in [4.69, 9.17) is 4.74 Å². The van der Waals surface area contributed by atoms with Gasteiger partial charge in [0.25, 0.3) is 15.9 Å². The molecule has 0 saturated carbocycles. The third kappa shape index (κ3) is 5.16. The van der Waals surface area contributed by atoms with Crippen LogP contribution < -0.4 is 4.72 Å². The maximum absolute atomic E-state index is 13.3. The van der Waals surface area contributed by atoms with Gasteiger partial charge in [-0.3, -0.25) is 14.5 Å². The number of sulfonamides is 1. The largest absolute Gasteiger partial charge is 0.444 e. The second-order valence-corrected chi connectivity index (χ2v) is 11.6. The second-order valence-electron chi connectivity index (χ2n) is 9.97. The fourth-order valence-electron chi connectivity index (χ4n) is 4.40. The molecule has 34 heavy (non-hydrogen) atoms. The lowest BCUT2D eigenvalue weighted by atomic mass is 9.72. The Labute approximate surface area is 200 Å². The summed E-state index contributed by atoms with van der Waals surface area (Å²) in [6, 6.07) is 9.45. The fraction of sp³-hybridized carbons (Fsp3) is 0.458. The Kier molecular flexibility index (Phi) is 6.28. The van der Waals surface area contributed by atoms with Crippen LogP contribution in [0.15, 0.2) is 53.7 Å². The third-order valence-corrected chi connectivity index (χ3v) is 7.58. The molecule has 2 fully saturated rings. The summed E-state index contributed by atoms with van der Waals surface area (Å²) >= 11 is 0. The number of anilines is 1. The lowest BCUT2D eigenvalue weighted by molar-refractivity contribution is -0.0563. The van der Waals surface area contributed by atoms with E-state index < -0.39 is 15.6 Å². The van der Waals surface area contributed by atoms with Crippen molar-refractivity contribution in [3.05, 3.63) is 54.4 Å². The molecular weight excluding hydrogens is 456 g/mol. The predicted molar refractivity (Wildman–Crippen MR) is 127 cm³/mol. The highest BCUT2D eigenvalue weighted by Crippen LogP contribution is 2.41. The summed E-state index contributed by atoms with van der Waals surface area (Å²) in [5.74, 6) is -0.315. The molecule has 1 aromatic heterocycles. The van der Waals surface area contributed by atoms with Crippen LogP contribution in [-0.4, -0.2) is 67.0 Å². The topological polar surface area (TPSA) is 109 Å². The van der Waals surface area contributed by atoms with Crippen LogP contribution in [0.1, 0.15) is 44.0 Å². The van der Waals surface area contributed by atoms with Gasteiger partial charge in [-0.15, -0.1) is 0 Å². The molecule has 0 atom stereocenters. The smallest absolute Gasteiger partial charge is 0.410 e. The highest BCUT2D eigenvalue weighted by atomic mass is 32.2. The van der Waals surface area contributed by atoms with Gasteiger partial charge in [0.05, 0.1) is 17.4 Å². The van der Waals surface area contributed by atoms with Crippen molar-refractivity contribution in [3.63, 3.8) is 0 Å². The second kappa shape index (κ2) is 8.90. The van der Waals surface area contributed by atoms with Gasteiger partial charge in [-0.1, -0.05) is 12.1 Å². The van der Waals surface area contributed by atoms with Gasteiger partial charge >= 0.3 is 6.09 Å². The minimum atomic E-state index is -3.97. The summed E-state index contributed by atoms with van der Waals surface area (Å²) in [4.78, 5) is 32.8. The zero-order chi connectivity index (χ0) is 24.6. The number of hydrogen-bond donors (Lipinski definition) is 1. The fourth-order valence-corrected chi connectivity index (χ4v) is 5.64. The van der Waals surface area contributed by atoms with E-state index in [0.29, 0.717) is 31.9 Å². The van der Waals surface area contributed by atoms with E-state index in [9.17, 15) is 18.0 Å². The normalized spacial score (nSPS) is 17.7. The number of nitrogens with zero attached hydrogens (tertiary/aromatic N) is 3. The van der Waals surface area contributed by atoms with Gasteiger partial charge in [0, 0.05) is 37.8 Å². The van der Waals surface area contributed by atoms with Crippen LogP contribution in [0.25, 0.3) is 0 Å². The van der Waals surface area contributed by atoms with E-state index in [-0.39, 0.29) is 27.9 Å². The quantitative estimate of drug-likeness (QED) is 0.710. The summed E-state index contributed by atoms with van der Waals surface area (Å²) in [7, 11) is -3.97. The number of carbonyl (C=O) groups excluding carboxylic acids is 2. The highest BCUT2D eigenvalue weighted by molar-refractivity contribution is 7.92. The molecule has 9 nitrogen and oxygen atoms in total. The molecule has 1 N–H and O–H groups in total. The molecule has 182 valence electrons. The van der Waals surface area contributed by atoms with Crippen molar-refractivity contribution in [2.45, 2.75) is 44.1 Å². The minimum absolute atomic E-state index is 0.0128. The Morgan fingerprint density at radius 2 is 1.71 bits per heavy atom. The van der Waals surface area contributed by atoms with Crippen LogP contribution in [0.2, 0.25) is 0 Å². The van der Waals surface area contributed by atoms with E-state index in [0.717, 1.165) is 12.8 Å². The Hall–Kier alpha value is -3.14. The molecule has 4 rings (SSSR count). The first-order valence-electron chi connectivity index (χ1n) is 11.3. The molecule has 10 heteroatoms. The van der Waals surface area contributed by atoms with Crippen LogP contribution in [0.4, 0.5) is 10.5 Å². The standard InChI is InChI=1S/C24H30N4O5S/c1-23(2,3)33-22(30)28-16-24(17-28)10-13-27(14-11-24)21(29)19-8-4-5-9-20(19)34(31,32)26-18-7-6-12-25-15-18/h4-9,12,15,26H,10-11,13-14,16-17H2,1-3H3. The molecule has 0 radical (unpaired) electrons. The summed E-state index contributed by atoms with van der Waals surface area (Å²) < 4.78 is 33.9. The lowest BCUT2D eigenvalue weighted by Crippen LogP contribution is -2.62. The van der Waals surface area contributed by atoms with Crippen molar-refractivity contribution >= 4 is 27.7 Å². The van der Waals surface area contributed by atoms with Crippen LogP contribution >= 0.6 is 0 Å². The average molecular weight is 487 g/mol. The summed E-state index contributed by atoms with van der Waals surface area (Å²) in [6.07, 6.45) is 4.15. The number of hydrogen-bond acceptors (Lipinski definition) is 6. The predicted octanol–water partition coefficient (Wildman–Crippen LogP) is 3.36. The van der Waals surface area contributed by atoms with Gasteiger partial charge in [0.1, 0.15) is 10.5 Å². The van der Waals surface area contributed by atoms with E-state index >= 15 is 0 Å². The monoisotopic (exact) mass is 486 g/mol. The van der Waals surface area contributed by atoms with Gasteiger partial charge in [-0.2, -0.15) is 0 Å². The lowest BCUT2D eigenvalue weighted by Gasteiger charge is -2.53. The molecule has 2 aromatic rings. The molecular formula is C24H30N4O5S. The first-order chi connectivity index (χ1) is 16.0. The Morgan fingerprint density at radius 1 is 1.03 bits per heavy atom. The Morgan fingerprint density at radius 3 is 2.32 bits per heavy atom. The molecule has 2 saturated heterocycles. The van der Waals surface area contributed by atoms with Crippen molar-refractivity contribution in [2.24, 2.45) is 5.41 Å². The van der Waals surface area contributed by atoms with Crippen molar-refractivity contribution in [1.82, 2.24) is 14.8 Å². The molecule has 1 aromatic carbocycles. The highest BCUT2D eigenvalue weighted by Gasteiger charge is 2.48. The number of carbonyl (C=O) groups is 2. The molecule has 1 spiro atoms. The number of nitrogens with one attached hydrogen (secondary N) is 1. The molecule has 2 amide bonds. The van der Waals surface area contributed by atoms with Gasteiger partial charge < -0.3 is 14.5 Å². The van der Waals surface area contributed by atoms with E-state index in [2.05, 4.69) is 9.71 Å². The third-order valence-electron chi connectivity index (χ3n) is 6.14. The zero-order valence-corrected chi connectivity index (χ0v) is 20.5. The van der Waals surface area contributed by atoms with Crippen molar-refractivity contribution < 1.29 is 22.7 Å². The molecule has 0 bridgehead atoms. The van der Waals surface area contributed by atoms with Gasteiger partial charge in [0.2, 0.25) is 0 Å². The summed E-state index contributed by atoms with van der Waals surface area (Å²) in [5, 5.41) is 0. The number of pyridine rings is 1. The first kappa shape index (κ1) is 24.0. The SMILES string of the molecule is CC(C)(C)OC(=O)N1CC2(CCN(C(=O)c3ccccc3S(=O)(=O)Nc3cccnc3)CC2)C1. The van der Waals surface area contributed by atoms with E-state index in [1.165, 1.54) is 18.3 Å². The van der Waals surface area contributed by atoms with Crippen LogP contribution in [0.3, 0.4) is 0 Å². The number of amides is 2. The molecule has 0 aliphatic carbocycles. The number of aromatic nitrogens is 1.